The normalized spacial score (nSPS) is 16.0. The van der Waals surface area contributed by atoms with Crippen LogP contribution < -0.4 is 4.90 Å². The zero-order valence-corrected chi connectivity index (χ0v) is 26.7. The van der Waals surface area contributed by atoms with E-state index in [2.05, 4.69) is 175 Å². The first kappa shape index (κ1) is 28.4. The Bertz CT molecular complexity index is 2420. The van der Waals surface area contributed by atoms with Crippen molar-refractivity contribution in [2.24, 2.45) is 0 Å². The van der Waals surface area contributed by atoms with Crippen LogP contribution in [0.2, 0.25) is 0 Å². The van der Waals surface area contributed by atoms with Crippen molar-refractivity contribution in [2.45, 2.75) is 25.2 Å². The highest BCUT2D eigenvalue weighted by Crippen LogP contribution is 2.43. The number of rotatable bonds is 6. The number of hydrogen-bond donors (Lipinski definition) is 0. The number of para-hydroxylation sites is 2. The minimum atomic E-state index is 0.273. The van der Waals surface area contributed by atoms with E-state index >= 15 is 0 Å². The average molecular weight is 618 g/mol. The predicted molar refractivity (Wildman–Crippen MR) is 203 cm³/mol. The number of furan rings is 1. The Morgan fingerprint density at radius 1 is 0.583 bits per heavy atom. The number of anilines is 2. The fraction of sp³-hybridized carbons (Fsp3) is 0.0870. The molecule has 1 atom stereocenters. The standard InChI is InChI=1S/C46H35NO/c1-4-14-33(15-5-1)38-20-12-13-23-43(38)47(36-18-8-3-9-19-36)37-27-24-32(25-28-37)35-26-29-44-42(30-35)46-40-22-11-10-21-39(40)41(31-45(46)48-44)34-16-6-2-7-17-34/h2-4,6-24,26-32H,1,5,25H2. The lowest BCUT2D eigenvalue weighted by Gasteiger charge is -2.31. The molecule has 0 amide bonds. The van der Waals surface area contributed by atoms with E-state index in [1.54, 1.807) is 0 Å². The van der Waals surface area contributed by atoms with Crippen LogP contribution in [0, 0.1) is 0 Å². The lowest BCUT2D eigenvalue weighted by atomic mass is 9.89. The summed E-state index contributed by atoms with van der Waals surface area (Å²) in [7, 11) is 0. The van der Waals surface area contributed by atoms with E-state index in [1.165, 1.54) is 60.8 Å². The minimum absolute atomic E-state index is 0.273. The van der Waals surface area contributed by atoms with Crippen LogP contribution in [-0.4, -0.2) is 0 Å². The Morgan fingerprint density at radius 3 is 2.15 bits per heavy atom. The molecule has 0 saturated heterocycles. The summed E-state index contributed by atoms with van der Waals surface area (Å²) in [6, 6.07) is 47.8. The van der Waals surface area contributed by atoms with Gasteiger partial charge in [-0.25, -0.2) is 0 Å². The fourth-order valence-corrected chi connectivity index (χ4v) is 7.50. The summed E-state index contributed by atoms with van der Waals surface area (Å²) in [5.74, 6) is 0.273. The second kappa shape index (κ2) is 12.1. The van der Waals surface area contributed by atoms with Crippen molar-refractivity contribution in [3.05, 3.63) is 187 Å². The van der Waals surface area contributed by atoms with Gasteiger partial charge in [-0.1, -0.05) is 127 Å². The molecular formula is C46H35NO. The lowest BCUT2D eigenvalue weighted by Crippen LogP contribution is -2.18. The average Bonchev–Trinajstić information content (AvgIpc) is 3.54. The Balaban J connectivity index is 1.10. The maximum Gasteiger partial charge on any atom is 0.136 e. The van der Waals surface area contributed by atoms with Crippen LogP contribution in [0.3, 0.4) is 0 Å². The monoisotopic (exact) mass is 617 g/mol. The number of allylic oxidation sites excluding steroid dienone is 7. The zero-order chi connectivity index (χ0) is 31.9. The van der Waals surface area contributed by atoms with Gasteiger partial charge in [-0.2, -0.15) is 0 Å². The number of fused-ring (bicyclic) bond motifs is 5. The summed E-state index contributed by atoms with van der Waals surface area (Å²) in [5, 5.41) is 4.84. The van der Waals surface area contributed by atoms with Crippen molar-refractivity contribution in [3.63, 3.8) is 0 Å². The van der Waals surface area contributed by atoms with Gasteiger partial charge < -0.3 is 9.32 Å². The van der Waals surface area contributed by atoms with Gasteiger partial charge >= 0.3 is 0 Å². The molecule has 0 fully saturated rings. The second-order valence-corrected chi connectivity index (χ2v) is 12.7. The van der Waals surface area contributed by atoms with Crippen LogP contribution in [-0.2, 0) is 0 Å². The minimum Gasteiger partial charge on any atom is -0.456 e. The first-order chi connectivity index (χ1) is 23.8. The van der Waals surface area contributed by atoms with E-state index < -0.39 is 0 Å². The van der Waals surface area contributed by atoms with Crippen molar-refractivity contribution in [1.29, 1.82) is 0 Å². The molecule has 0 spiro atoms. The maximum atomic E-state index is 6.53. The molecule has 2 heteroatoms. The predicted octanol–water partition coefficient (Wildman–Crippen LogP) is 12.9. The van der Waals surface area contributed by atoms with Crippen LogP contribution in [0.4, 0.5) is 11.4 Å². The highest BCUT2D eigenvalue weighted by molar-refractivity contribution is 6.22. The molecule has 2 aliphatic carbocycles. The molecule has 0 saturated carbocycles. The van der Waals surface area contributed by atoms with E-state index in [9.17, 15) is 0 Å². The van der Waals surface area contributed by atoms with Crippen molar-refractivity contribution in [3.8, 4) is 11.1 Å². The molecule has 230 valence electrons. The SMILES string of the molecule is C1=CC(c2ccccc2N(C2=CCC(c3ccc4oc5cc(-c6ccccc6)c6ccccc6c5c4c3)C=C2)c2ccccc2)=CCC1. The van der Waals surface area contributed by atoms with E-state index in [1.807, 2.05) is 0 Å². The molecule has 1 heterocycles. The molecule has 48 heavy (non-hydrogen) atoms. The quantitative estimate of drug-likeness (QED) is 0.185. The van der Waals surface area contributed by atoms with Crippen LogP contribution >= 0.6 is 0 Å². The van der Waals surface area contributed by atoms with Crippen molar-refractivity contribution in [1.82, 2.24) is 0 Å². The van der Waals surface area contributed by atoms with E-state index in [4.69, 9.17) is 4.42 Å². The van der Waals surface area contributed by atoms with E-state index in [0.29, 0.717) is 0 Å². The third kappa shape index (κ3) is 4.98. The van der Waals surface area contributed by atoms with Crippen LogP contribution in [0.5, 0.6) is 0 Å². The van der Waals surface area contributed by atoms with Gasteiger partial charge in [0.2, 0.25) is 0 Å². The van der Waals surface area contributed by atoms with Gasteiger partial charge in [0.1, 0.15) is 11.2 Å². The molecule has 0 N–H and O–H groups in total. The summed E-state index contributed by atoms with van der Waals surface area (Å²) in [6.07, 6.45) is 17.1. The number of hydrogen-bond acceptors (Lipinski definition) is 2. The fourth-order valence-electron chi connectivity index (χ4n) is 7.50. The molecular weight excluding hydrogens is 583 g/mol. The molecule has 9 rings (SSSR count). The Morgan fingerprint density at radius 2 is 1.35 bits per heavy atom. The zero-order valence-electron chi connectivity index (χ0n) is 26.7. The molecule has 0 aliphatic heterocycles. The topological polar surface area (TPSA) is 16.4 Å². The van der Waals surface area contributed by atoms with Crippen LogP contribution in [0.15, 0.2) is 180 Å². The molecule has 1 unspecified atom stereocenters. The van der Waals surface area contributed by atoms with Crippen molar-refractivity contribution >= 4 is 49.7 Å². The third-order valence-electron chi connectivity index (χ3n) is 9.82. The number of benzene rings is 6. The largest absolute Gasteiger partial charge is 0.456 e. The summed E-state index contributed by atoms with van der Waals surface area (Å²) in [5.41, 5.74) is 11.7. The summed E-state index contributed by atoms with van der Waals surface area (Å²) in [6.45, 7) is 0. The third-order valence-corrected chi connectivity index (χ3v) is 9.82. The molecule has 6 aromatic carbocycles. The van der Waals surface area contributed by atoms with Gasteiger partial charge in [0.15, 0.2) is 0 Å². The molecule has 0 bridgehead atoms. The van der Waals surface area contributed by atoms with Gasteiger partial charge in [-0.05, 0) is 94.8 Å². The highest BCUT2D eigenvalue weighted by Gasteiger charge is 2.22. The molecule has 0 radical (unpaired) electrons. The van der Waals surface area contributed by atoms with Crippen LogP contribution in [0.1, 0.15) is 36.3 Å². The van der Waals surface area contributed by atoms with Gasteiger partial charge in [0.05, 0.1) is 5.69 Å². The molecule has 7 aromatic rings. The van der Waals surface area contributed by atoms with Gasteiger partial charge in [0.25, 0.3) is 0 Å². The first-order valence-corrected chi connectivity index (χ1v) is 16.9. The summed E-state index contributed by atoms with van der Waals surface area (Å²) >= 11 is 0. The highest BCUT2D eigenvalue weighted by atomic mass is 16.3. The molecule has 2 nitrogen and oxygen atoms in total. The Labute approximate surface area is 281 Å². The van der Waals surface area contributed by atoms with Crippen molar-refractivity contribution < 1.29 is 4.42 Å². The van der Waals surface area contributed by atoms with E-state index in [-0.39, 0.29) is 5.92 Å². The maximum absolute atomic E-state index is 6.53. The smallest absolute Gasteiger partial charge is 0.136 e. The van der Waals surface area contributed by atoms with Crippen LogP contribution in [0.25, 0.3) is 49.4 Å². The summed E-state index contributed by atoms with van der Waals surface area (Å²) in [4.78, 5) is 2.41. The second-order valence-electron chi connectivity index (χ2n) is 12.7. The first-order valence-electron chi connectivity index (χ1n) is 16.9. The summed E-state index contributed by atoms with van der Waals surface area (Å²) < 4.78 is 6.53. The van der Waals surface area contributed by atoms with Gasteiger partial charge in [-0.3, -0.25) is 0 Å². The van der Waals surface area contributed by atoms with Crippen molar-refractivity contribution in [2.75, 3.05) is 4.90 Å². The van der Waals surface area contributed by atoms with Gasteiger partial charge in [0, 0.05) is 33.6 Å². The Hall–Kier alpha value is -5.86. The molecule has 2 aliphatic rings. The Kier molecular flexibility index (Phi) is 7.13. The van der Waals surface area contributed by atoms with Gasteiger partial charge in [-0.15, -0.1) is 0 Å². The lowest BCUT2D eigenvalue weighted by molar-refractivity contribution is 0.669. The number of nitrogens with zero attached hydrogens (tertiary/aromatic N) is 1. The molecule has 1 aromatic heterocycles. The van der Waals surface area contributed by atoms with E-state index in [0.717, 1.165) is 36.1 Å².